The number of aromatic nitrogens is 1. The van der Waals surface area contributed by atoms with Gasteiger partial charge in [0.15, 0.2) is 5.13 Å². The van der Waals surface area contributed by atoms with Crippen LogP contribution in [0.15, 0.2) is 53.9 Å². The maximum Gasteiger partial charge on any atom is 0.317 e. The summed E-state index contributed by atoms with van der Waals surface area (Å²) in [7, 11) is -1.82. The van der Waals surface area contributed by atoms with Gasteiger partial charge < -0.3 is 10.4 Å². The highest BCUT2D eigenvalue weighted by Gasteiger charge is 2.41. The third kappa shape index (κ3) is 7.19. The Morgan fingerprint density at radius 3 is 2.26 bits per heavy atom. The number of carboxylic acid groups (broad SMARTS) is 1. The predicted octanol–water partition coefficient (Wildman–Crippen LogP) is 6.81. The summed E-state index contributed by atoms with van der Waals surface area (Å²) in [5, 5.41) is 16.9. The summed E-state index contributed by atoms with van der Waals surface area (Å²) in [4.78, 5) is 28.0. The molecule has 0 bridgehead atoms. The Hall–Kier alpha value is -3.25. The number of anilines is 1. The van der Waals surface area contributed by atoms with Gasteiger partial charge in [-0.05, 0) is 46.5 Å². The number of aliphatic carboxylic acids is 1. The van der Waals surface area contributed by atoms with Crippen LogP contribution < -0.4 is 10.6 Å². The van der Waals surface area contributed by atoms with Gasteiger partial charge in [0.05, 0.1) is 12.2 Å². The Morgan fingerprint density at radius 1 is 1.00 bits per heavy atom. The molecular weight excluding hydrogens is 511 g/mol. The molecule has 0 aliphatic rings. The molecule has 1 amide bonds. The number of benzene rings is 2. The van der Waals surface area contributed by atoms with Gasteiger partial charge in [-0.15, -0.1) is 16.9 Å². The van der Waals surface area contributed by atoms with E-state index in [1.54, 1.807) is 24.3 Å². The fourth-order valence-corrected chi connectivity index (χ4v) is 11.0. The summed E-state index contributed by atoms with van der Waals surface area (Å²) in [5.41, 5.74) is 9.67. The van der Waals surface area contributed by atoms with Crippen molar-refractivity contribution in [1.29, 1.82) is 0 Å². The number of hydrogen-bond donors (Lipinski definition) is 3. The monoisotopic (exact) mass is 547 g/mol. The van der Waals surface area contributed by atoms with Crippen LogP contribution in [0, 0.1) is 11.5 Å². The van der Waals surface area contributed by atoms with Crippen molar-refractivity contribution in [2.45, 2.75) is 64.7 Å². The third-order valence-electron chi connectivity index (χ3n) is 6.99. The second-order valence-electron chi connectivity index (χ2n) is 10.4. The largest absolute Gasteiger partial charge is 0.480 e. The van der Waals surface area contributed by atoms with Crippen molar-refractivity contribution >= 4 is 36.4 Å². The molecule has 1 heterocycles. The normalized spacial score (nSPS) is 11.5. The zero-order valence-electron chi connectivity index (χ0n) is 23.0. The van der Waals surface area contributed by atoms with Crippen molar-refractivity contribution in [2.24, 2.45) is 0 Å². The Bertz CT molecular complexity index is 1300. The first kappa shape index (κ1) is 29.3. The molecule has 0 aliphatic carbocycles. The van der Waals surface area contributed by atoms with Crippen LogP contribution in [0.4, 0.5) is 5.13 Å². The molecule has 0 spiro atoms. The standard InChI is InChI=1S/C30H37N3O3SSi/c1-20(2)38(21(3)4,22(5)6)15-14-23-8-7-9-26(16-23)27-19-37-30(32-27)33-29(36)25-12-10-24(11-13-25)17-31-18-28(34)35/h7-13,16,19-22,31H,17-18H2,1-6H3,(H,34,35)(H,32,33,36). The minimum absolute atomic E-state index is 0.111. The lowest BCUT2D eigenvalue weighted by Crippen LogP contribution is -2.43. The molecule has 0 saturated carbocycles. The molecule has 1 aromatic heterocycles. The van der Waals surface area contributed by atoms with E-state index in [0.29, 0.717) is 33.9 Å². The van der Waals surface area contributed by atoms with Gasteiger partial charge in [0, 0.05) is 28.6 Å². The molecule has 0 aliphatic heterocycles. The van der Waals surface area contributed by atoms with Gasteiger partial charge >= 0.3 is 5.97 Å². The minimum Gasteiger partial charge on any atom is -0.480 e. The number of thiazole rings is 1. The first-order valence-electron chi connectivity index (χ1n) is 12.9. The van der Waals surface area contributed by atoms with Crippen LogP contribution in [0.1, 0.15) is 63.0 Å². The quantitative estimate of drug-likeness (QED) is 0.192. The van der Waals surface area contributed by atoms with Gasteiger partial charge in [0.1, 0.15) is 8.07 Å². The SMILES string of the molecule is CC(C)[Si](C#Cc1cccc(-c2csc(NC(=O)c3ccc(CNCC(=O)O)cc3)n2)c1)(C(C)C)C(C)C. The first-order valence-corrected chi connectivity index (χ1v) is 16.1. The molecule has 8 heteroatoms. The topological polar surface area (TPSA) is 91.3 Å². The van der Waals surface area contributed by atoms with Gasteiger partial charge in [-0.25, -0.2) is 4.98 Å². The van der Waals surface area contributed by atoms with E-state index in [2.05, 4.69) is 74.7 Å². The number of rotatable bonds is 10. The van der Waals surface area contributed by atoms with Gasteiger partial charge in [0.25, 0.3) is 5.91 Å². The fraction of sp³-hybridized carbons (Fsp3) is 0.367. The summed E-state index contributed by atoms with van der Waals surface area (Å²) >= 11 is 1.38. The van der Waals surface area contributed by atoms with E-state index in [4.69, 9.17) is 5.11 Å². The highest BCUT2D eigenvalue weighted by Crippen LogP contribution is 2.40. The minimum atomic E-state index is -1.82. The molecule has 6 nitrogen and oxygen atoms in total. The maximum atomic E-state index is 12.7. The molecule has 0 unspecified atom stereocenters. The second-order valence-corrected chi connectivity index (χ2v) is 16.9. The number of nitrogens with zero attached hydrogens (tertiary/aromatic N) is 1. The third-order valence-corrected chi connectivity index (χ3v) is 14.0. The molecule has 0 fully saturated rings. The average Bonchev–Trinajstić information content (AvgIpc) is 3.32. The van der Waals surface area contributed by atoms with Crippen molar-refractivity contribution in [2.75, 3.05) is 11.9 Å². The Balaban J connectivity index is 1.72. The van der Waals surface area contributed by atoms with Crippen LogP contribution in [0.3, 0.4) is 0 Å². The predicted molar refractivity (Wildman–Crippen MR) is 159 cm³/mol. The number of amides is 1. The molecule has 3 rings (SSSR count). The van der Waals surface area contributed by atoms with Gasteiger partial charge in [-0.1, -0.05) is 71.7 Å². The lowest BCUT2D eigenvalue weighted by molar-refractivity contribution is -0.136. The van der Waals surface area contributed by atoms with E-state index in [0.717, 1.165) is 22.4 Å². The number of carbonyl (C=O) groups excluding carboxylic acids is 1. The molecule has 0 atom stereocenters. The maximum absolute atomic E-state index is 12.7. The number of carboxylic acids is 1. The van der Waals surface area contributed by atoms with Crippen molar-refractivity contribution in [3.63, 3.8) is 0 Å². The van der Waals surface area contributed by atoms with Crippen LogP contribution in [0.25, 0.3) is 11.3 Å². The summed E-state index contributed by atoms with van der Waals surface area (Å²) in [5.74, 6) is 2.36. The Labute approximate surface area is 230 Å². The number of nitrogens with one attached hydrogen (secondary N) is 2. The summed E-state index contributed by atoms with van der Waals surface area (Å²) in [6.45, 7) is 14.2. The first-order chi connectivity index (χ1) is 18.0. The van der Waals surface area contributed by atoms with E-state index >= 15 is 0 Å². The van der Waals surface area contributed by atoms with Gasteiger partial charge in [0.2, 0.25) is 0 Å². The summed E-state index contributed by atoms with van der Waals surface area (Å²) in [6, 6.07) is 15.2. The second kappa shape index (κ2) is 13.0. The molecular formula is C30H37N3O3SSi. The van der Waals surface area contributed by atoms with Crippen LogP contribution in [-0.4, -0.2) is 36.6 Å². The zero-order chi connectivity index (χ0) is 27.9. The van der Waals surface area contributed by atoms with Crippen LogP contribution in [0.5, 0.6) is 0 Å². The van der Waals surface area contributed by atoms with Crippen molar-refractivity contribution in [1.82, 2.24) is 10.3 Å². The number of hydrogen-bond acceptors (Lipinski definition) is 5. The molecule has 0 saturated heterocycles. The lowest BCUT2D eigenvalue weighted by Gasteiger charge is -2.38. The van der Waals surface area contributed by atoms with Gasteiger partial charge in [-0.3, -0.25) is 14.9 Å². The highest BCUT2D eigenvalue weighted by molar-refractivity contribution is 7.14. The number of carbonyl (C=O) groups is 2. The smallest absolute Gasteiger partial charge is 0.317 e. The van der Waals surface area contributed by atoms with Crippen LogP contribution >= 0.6 is 11.3 Å². The van der Waals surface area contributed by atoms with Gasteiger partial charge in [-0.2, -0.15) is 0 Å². The van der Waals surface area contributed by atoms with E-state index in [-0.39, 0.29) is 12.5 Å². The average molecular weight is 548 g/mol. The zero-order valence-corrected chi connectivity index (χ0v) is 24.8. The Kier molecular flexibility index (Phi) is 10.0. The van der Waals surface area contributed by atoms with Crippen molar-refractivity contribution < 1.29 is 14.7 Å². The van der Waals surface area contributed by atoms with E-state index in [9.17, 15) is 9.59 Å². The Morgan fingerprint density at radius 2 is 1.66 bits per heavy atom. The van der Waals surface area contributed by atoms with Crippen LogP contribution in [-0.2, 0) is 11.3 Å². The highest BCUT2D eigenvalue weighted by atomic mass is 32.1. The molecule has 0 radical (unpaired) electrons. The summed E-state index contributed by atoms with van der Waals surface area (Å²) in [6.07, 6.45) is 0. The summed E-state index contributed by atoms with van der Waals surface area (Å²) < 4.78 is 0. The van der Waals surface area contributed by atoms with E-state index in [1.165, 1.54) is 11.3 Å². The lowest BCUT2D eigenvalue weighted by atomic mass is 10.1. The van der Waals surface area contributed by atoms with Crippen LogP contribution in [0.2, 0.25) is 16.6 Å². The molecule has 2 aromatic carbocycles. The van der Waals surface area contributed by atoms with Crippen molar-refractivity contribution in [3.05, 3.63) is 70.6 Å². The van der Waals surface area contributed by atoms with E-state index < -0.39 is 14.0 Å². The van der Waals surface area contributed by atoms with E-state index in [1.807, 2.05) is 23.6 Å². The fourth-order valence-electron chi connectivity index (χ4n) is 5.09. The molecule has 3 N–H and O–H groups in total. The molecule has 38 heavy (non-hydrogen) atoms. The molecule has 3 aromatic rings. The van der Waals surface area contributed by atoms with Crippen molar-refractivity contribution in [3.8, 4) is 22.7 Å². The molecule has 200 valence electrons.